The molecule has 0 aliphatic rings. The summed E-state index contributed by atoms with van der Waals surface area (Å²) in [4.78, 5) is 12.6. The molecule has 3 aromatic rings. The SMILES string of the molecule is COc1ccc(C(=O)CSc2nnc(-c3ccco3)n2C(C)C)cc1OC. The van der Waals surface area contributed by atoms with Crippen molar-refractivity contribution < 1.29 is 18.7 Å². The van der Waals surface area contributed by atoms with Gasteiger partial charge in [-0.3, -0.25) is 9.36 Å². The number of carbonyl (C=O) groups is 1. The number of ketones is 1. The lowest BCUT2D eigenvalue weighted by Gasteiger charge is -2.12. The van der Waals surface area contributed by atoms with Crippen LogP contribution in [0.15, 0.2) is 46.2 Å². The highest BCUT2D eigenvalue weighted by molar-refractivity contribution is 7.99. The summed E-state index contributed by atoms with van der Waals surface area (Å²) in [5.41, 5.74) is 0.557. The van der Waals surface area contributed by atoms with Crippen LogP contribution in [-0.2, 0) is 0 Å². The van der Waals surface area contributed by atoms with Crippen molar-refractivity contribution in [1.29, 1.82) is 0 Å². The third-order valence-corrected chi connectivity index (χ3v) is 4.90. The molecule has 7 nitrogen and oxygen atoms in total. The van der Waals surface area contributed by atoms with Crippen molar-refractivity contribution >= 4 is 17.5 Å². The number of hydrogen-bond donors (Lipinski definition) is 0. The molecular formula is C19H21N3O4S. The summed E-state index contributed by atoms with van der Waals surface area (Å²) in [5.74, 6) is 2.62. The van der Waals surface area contributed by atoms with Gasteiger partial charge in [0.15, 0.2) is 28.2 Å². The maximum atomic E-state index is 12.6. The molecule has 0 atom stereocenters. The lowest BCUT2D eigenvalue weighted by atomic mass is 10.1. The first-order chi connectivity index (χ1) is 13.0. The van der Waals surface area contributed by atoms with Gasteiger partial charge in [-0.1, -0.05) is 11.8 Å². The molecule has 2 aromatic heterocycles. The number of rotatable bonds is 8. The second-order valence-electron chi connectivity index (χ2n) is 6.03. The summed E-state index contributed by atoms with van der Waals surface area (Å²) in [6.07, 6.45) is 1.60. The number of nitrogens with zero attached hydrogens (tertiary/aromatic N) is 3. The van der Waals surface area contributed by atoms with Gasteiger partial charge in [-0.05, 0) is 44.2 Å². The van der Waals surface area contributed by atoms with E-state index in [0.29, 0.717) is 33.8 Å². The molecule has 0 N–H and O–H groups in total. The Morgan fingerprint density at radius 1 is 1.19 bits per heavy atom. The lowest BCUT2D eigenvalue weighted by molar-refractivity contribution is 0.102. The number of aromatic nitrogens is 3. The number of methoxy groups -OCH3 is 2. The molecule has 3 rings (SSSR count). The minimum Gasteiger partial charge on any atom is -0.493 e. The van der Waals surface area contributed by atoms with Gasteiger partial charge in [0.2, 0.25) is 5.82 Å². The molecule has 0 aliphatic heterocycles. The molecule has 1 aromatic carbocycles. The number of furan rings is 1. The van der Waals surface area contributed by atoms with Crippen molar-refractivity contribution in [3.05, 3.63) is 42.2 Å². The molecule has 0 fully saturated rings. The van der Waals surface area contributed by atoms with Gasteiger partial charge in [0, 0.05) is 11.6 Å². The van der Waals surface area contributed by atoms with Crippen molar-refractivity contribution in [2.45, 2.75) is 25.0 Å². The Morgan fingerprint density at radius 3 is 2.59 bits per heavy atom. The summed E-state index contributed by atoms with van der Waals surface area (Å²) in [7, 11) is 3.10. The van der Waals surface area contributed by atoms with Gasteiger partial charge in [-0.2, -0.15) is 0 Å². The number of carbonyl (C=O) groups excluding carboxylic acids is 1. The highest BCUT2D eigenvalue weighted by Crippen LogP contribution is 2.30. The van der Waals surface area contributed by atoms with E-state index >= 15 is 0 Å². The van der Waals surface area contributed by atoms with Crippen LogP contribution in [0, 0.1) is 0 Å². The van der Waals surface area contributed by atoms with Gasteiger partial charge >= 0.3 is 0 Å². The standard InChI is InChI=1S/C19H21N3O4S/c1-12(2)22-18(16-6-5-9-26-16)20-21-19(22)27-11-14(23)13-7-8-15(24-3)17(10-13)25-4/h5-10,12H,11H2,1-4H3. The van der Waals surface area contributed by atoms with Gasteiger partial charge < -0.3 is 13.9 Å². The fourth-order valence-corrected chi connectivity index (χ4v) is 3.60. The van der Waals surface area contributed by atoms with Crippen LogP contribution in [0.4, 0.5) is 0 Å². The lowest BCUT2D eigenvalue weighted by Crippen LogP contribution is -2.08. The molecule has 142 valence electrons. The van der Waals surface area contributed by atoms with Crippen molar-refractivity contribution in [3.8, 4) is 23.1 Å². The van der Waals surface area contributed by atoms with Crippen LogP contribution in [0.2, 0.25) is 0 Å². The average molecular weight is 387 g/mol. The Kier molecular flexibility index (Phi) is 5.85. The Balaban J connectivity index is 1.78. The first-order valence-corrected chi connectivity index (χ1v) is 9.40. The van der Waals surface area contributed by atoms with Crippen LogP contribution < -0.4 is 9.47 Å². The molecule has 0 aliphatic carbocycles. The van der Waals surface area contributed by atoms with Crippen LogP contribution in [-0.4, -0.2) is 40.5 Å². The first kappa shape index (κ1) is 19.0. The van der Waals surface area contributed by atoms with Crippen molar-refractivity contribution in [1.82, 2.24) is 14.8 Å². The first-order valence-electron chi connectivity index (χ1n) is 8.42. The van der Waals surface area contributed by atoms with E-state index in [4.69, 9.17) is 13.9 Å². The van der Waals surface area contributed by atoms with Crippen LogP contribution in [0.25, 0.3) is 11.6 Å². The fourth-order valence-electron chi connectivity index (χ4n) is 2.64. The van der Waals surface area contributed by atoms with Crippen LogP contribution in [0.3, 0.4) is 0 Å². The highest BCUT2D eigenvalue weighted by Gasteiger charge is 2.20. The average Bonchev–Trinajstić information content (AvgIpc) is 3.34. The Bertz CT molecular complexity index is 919. The van der Waals surface area contributed by atoms with E-state index in [-0.39, 0.29) is 17.6 Å². The zero-order valence-electron chi connectivity index (χ0n) is 15.6. The van der Waals surface area contributed by atoms with E-state index in [0.717, 1.165) is 0 Å². The summed E-state index contributed by atoms with van der Waals surface area (Å²) < 4.78 is 17.9. The maximum absolute atomic E-state index is 12.6. The van der Waals surface area contributed by atoms with Crippen LogP contribution in [0.5, 0.6) is 11.5 Å². The molecule has 2 heterocycles. The van der Waals surface area contributed by atoms with Gasteiger partial charge in [0.25, 0.3) is 0 Å². The molecule has 0 spiro atoms. The number of thioether (sulfide) groups is 1. The monoisotopic (exact) mass is 387 g/mol. The molecule has 0 saturated carbocycles. The summed E-state index contributed by atoms with van der Waals surface area (Å²) >= 11 is 1.35. The number of hydrogen-bond acceptors (Lipinski definition) is 7. The van der Waals surface area contributed by atoms with Gasteiger partial charge in [-0.15, -0.1) is 10.2 Å². The molecule has 0 radical (unpaired) electrons. The maximum Gasteiger partial charge on any atom is 0.200 e. The molecular weight excluding hydrogens is 366 g/mol. The largest absolute Gasteiger partial charge is 0.493 e. The predicted molar refractivity (Wildman–Crippen MR) is 103 cm³/mol. The third-order valence-electron chi connectivity index (χ3n) is 3.96. The highest BCUT2D eigenvalue weighted by atomic mass is 32.2. The van der Waals surface area contributed by atoms with E-state index in [2.05, 4.69) is 10.2 Å². The van der Waals surface area contributed by atoms with Crippen LogP contribution in [0.1, 0.15) is 30.2 Å². The van der Waals surface area contributed by atoms with Gasteiger partial charge in [0.05, 0.1) is 26.2 Å². The zero-order chi connectivity index (χ0) is 19.4. The van der Waals surface area contributed by atoms with Gasteiger partial charge in [-0.25, -0.2) is 0 Å². The smallest absolute Gasteiger partial charge is 0.200 e. The van der Waals surface area contributed by atoms with Crippen molar-refractivity contribution in [2.24, 2.45) is 0 Å². The molecule has 0 unspecified atom stereocenters. The van der Waals surface area contributed by atoms with E-state index in [9.17, 15) is 4.79 Å². The molecule has 0 amide bonds. The second kappa shape index (κ2) is 8.30. The van der Waals surface area contributed by atoms with E-state index in [1.165, 1.54) is 11.8 Å². The molecule has 27 heavy (non-hydrogen) atoms. The normalized spacial score (nSPS) is 11.0. The summed E-state index contributed by atoms with van der Waals surface area (Å²) in [5, 5.41) is 9.14. The van der Waals surface area contributed by atoms with E-state index < -0.39 is 0 Å². The fraction of sp³-hybridized carbons (Fsp3) is 0.316. The number of ether oxygens (including phenoxy) is 2. The van der Waals surface area contributed by atoms with Gasteiger partial charge in [0.1, 0.15) is 0 Å². The minimum absolute atomic E-state index is 0.0289. The molecule has 8 heteroatoms. The van der Waals surface area contributed by atoms with E-state index in [1.807, 2.05) is 30.5 Å². The summed E-state index contributed by atoms with van der Waals surface area (Å²) in [6, 6.07) is 8.91. The predicted octanol–water partition coefficient (Wildman–Crippen LogP) is 4.11. The quantitative estimate of drug-likeness (QED) is 0.425. The third kappa shape index (κ3) is 4.00. The Morgan fingerprint density at radius 2 is 1.96 bits per heavy atom. The van der Waals surface area contributed by atoms with Crippen molar-refractivity contribution in [2.75, 3.05) is 20.0 Å². The Hall–Kier alpha value is -2.74. The summed E-state index contributed by atoms with van der Waals surface area (Å²) in [6.45, 7) is 4.08. The number of Topliss-reactive ketones (excluding diaryl/α,β-unsaturated/α-hetero) is 1. The minimum atomic E-state index is -0.0289. The molecule has 0 bridgehead atoms. The van der Waals surface area contributed by atoms with Crippen LogP contribution >= 0.6 is 11.8 Å². The van der Waals surface area contributed by atoms with Crippen molar-refractivity contribution in [3.63, 3.8) is 0 Å². The zero-order valence-corrected chi connectivity index (χ0v) is 16.4. The topological polar surface area (TPSA) is 79.4 Å². The Labute approximate surface area is 161 Å². The number of benzene rings is 1. The second-order valence-corrected chi connectivity index (χ2v) is 6.97. The van der Waals surface area contributed by atoms with E-state index in [1.54, 1.807) is 38.7 Å². The molecule has 0 saturated heterocycles.